The van der Waals surface area contributed by atoms with Gasteiger partial charge in [0, 0.05) is 29.9 Å². The van der Waals surface area contributed by atoms with Gasteiger partial charge in [-0.2, -0.15) is 0 Å². The Kier molecular flexibility index (Phi) is 5.42. The number of carbonyl (C=O) groups is 1. The minimum Gasteiger partial charge on any atom is -0.458 e. The number of hydrogen-bond acceptors (Lipinski definition) is 5. The highest BCUT2D eigenvalue weighted by molar-refractivity contribution is 5.90. The van der Waals surface area contributed by atoms with Crippen LogP contribution in [0.15, 0.2) is 41.5 Å². The molecule has 0 bridgehead atoms. The number of aliphatic hydroxyl groups is 2. The van der Waals surface area contributed by atoms with E-state index in [0.717, 1.165) is 37.8 Å². The molecule has 1 saturated carbocycles. The van der Waals surface area contributed by atoms with Crippen LogP contribution in [0.5, 0.6) is 0 Å². The number of imidazole rings is 1. The van der Waals surface area contributed by atoms with Crippen molar-refractivity contribution in [3.05, 3.63) is 41.5 Å². The third kappa shape index (κ3) is 3.46. The average Bonchev–Trinajstić information content (AvgIpc) is 3.36. The molecule has 1 aliphatic heterocycles. The average molecular weight is 401 g/mol. The number of rotatable bonds is 6. The van der Waals surface area contributed by atoms with Crippen molar-refractivity contribution >= 4 is 5.97 Å². The Morgan fingerprint density at radius 3 is 2.79 bits per heavy atom. The van der Waals surface area contributed by atoms with Crippen molar-refractivity contribution < 1.29 is 19.7 Å². The van der Waals surface area contributed by atoms with E-state index in [1.54, 1.807) is 6.20 Å². The molecule has 2 aliphatic carbocycles. The molecule has 2 heterocycles. The maximum Gasteiger partial charge on any atom is 0.334 e. The van der Waals surface area contributed by atoms with Crippen molar-refractivity contribution in [2.24, 2.45) is 16.7 Å². The summed E-state index contributed by atoms with van der Waals surface area (Å²) < 4.78 is 7.19. The summed E-state index contributed by atoms with van der Waals surface area (Å²) in [5, 5.41) is 20.9. The van der Waals surface area contributed by atoms with Gasteiger partial charge in [0.25, 0.3) is 0 Å². The summed E-state index contributed by atoms with van der Waals surface area (Å²) in [6, 6.07) is 0. The molecule has 4 atom stereocenters. The van der Waals surface area contributed by atoms with Gasteiger partial charge in [0.2, 0.25) is 0 Å². The minimum absolute atomic E-state index is 0.00393. The Morgan fingerprint density at radius 1 is 1.31 bits per heavy atom. The number of esters is 1. The van der Waals surface area contributed by atoms with Crippen LogP contribution < -0.4 is 0 Å². The summed E-state index contributed by atoms with van der Waals surface area (Å²) in [7, 11) is 0. The van der Waals surface area contributed by atoms with Gasteiger partial charge < -0.3 is 19.5 Å². The largest absolute Gasteiger partial charge is 0.458 e. The third-order valence-corrected chi connectivity index (χ3v) is 7.84. The summed E-state index contributed by atoms with van der Waals surface area (Å²) in [5.41, 5.74) is 2.99. The van der Waals surface area contributed by atoms with E-state index in [0.29, 0.717) is 19.4 Å². The zero-order valence-corrected chi connectivity index (χ0v) is 17.4. The first kappa shape index (κ1) is 20.4. The molecule has 6 heteroatoms. The highest BCUT2D eigenvalue weighted by atomic mass is 16.5. The molecule has 0 saturated heterocycles. The molecule has 2 N–H and O–H groups in total. The highest BCUT2D eigenvalue weighted by Crippen LogP contribution is 2.60. The van der Waals surface area contributed by atoms with Gasteiger partial charge in [-0.15, -0.1) is 0 Å². The zero-order valence-electron chi connectivity index (χ0n) is 17.4. The van der Waals surface area contributed by atoms with Crippen molar-refractivity contribution in [2.45, 2.75) is 65.0 Å². The molecule has 0 radical (unpaired) electrons. The quantitative estimate of drug-likeness (QED) is 0.566. The molecule has 6 nitrogen and oxygen atoms in total. The van der Waals surface area contributed by atoms with Crippen molar-refractivity contribution in [1.29, 1.82) is 0 Å². The fraction of sp³-hybridized carbons (Fsp3) is 0.652. The van der Waals surface area contributed by atoms with E-state index >= 15 is 0 Å². The molecule has 158 valence electrons. The molecule has 0 aromatic carbocycles. The number of allylic oxidation sites excluding steroid dienone is 2. The second-order valence-electron chi connectivity index (χ2n) is 9.37. The van der Waals surface area contributed by atoms with Crippen molar-refractivity contribution in [1.82, 2.24) is 9.55 Å². The summed E-state index contributed by atoms with van der Waals surface area (Å²) in [6.45, 7) is 5.52. The molecular weight excluding hydrogens is 368 g/mol. The molecule has 0 spiro atoms. The Hall–Kier alpha value is -1.92. The van der Waals surface area contributed by atoms with Gasteiger partial charge in [-0.25, -0.2) is 9.78 Å². The molecule has 1 fully saturated rings. The van der Waals surface area contributed by atoms with Gasteiger partial charge in [-0.05, 0) is 55.9 Å². The first-order chi connectivity index (χ1) is 13.9. The number of hydrogen-bond donors (Lipinski definition) is 2. The second kappa shape index (κ2) is 7.73. The van der Waals surface area contributed by atoms with Crippen LogP contribution in [0.2, 0.25) is 0 Å². The van der Waals surface area contributed by atoms with Gasteiger partial charge in [0.1, 0.15) is 6.61 Å². The van der Waals surface area contributed by atoms with Gasteiger partial charge in [-0.1, -0.05) is 25.0 Å². The first-order valence-electron chi connectivity index (χ1n) is 10.7. The Morgan fingerprint density at radius 2 is 2.14 bits per heavy atom. The van der Waals surface area contributed by atoms with Gasteiger partial charge in [0.05, 0.1) is 19.0 Å². The van der Waals surface area contributed by atoms with E-state index in [-0.39, 0.29) is 23.9 Å². The predicted molar refractivity (Wildman–Crippen MR) is 109 cm³/mol. The smallest absolute Gasteiger partial charge is 0.334 e. The van der Waals surface area contributed by atoms with Crippen LogP contribution in [-0.4, -0.2) is 45.1 Å². The lowest BCUT2D eigenvalue weighted by atomic mass is 9.48. The summed E-state index contributed by atoms with van der Waals surface area (Å²) in [5.74, 6) is 0.0216. The van der Waals surface area contributed by atoms with Crippen LogP contribution in [-0.2, 0) is 16.1 Å². The molecule has 0 unspecified atom stereocenters. The summed E-state index contributed by atoms with van der Waals surface area (Å²) in [6.07, 6.45) is 12.0. The van der Waals surface area contributed by atoms with Gasteiger partial charge in [-0.3, -0.25) is 0 Å². The van der Waals surface area contributed by atoms with Gasteiger partial charge >= 0.3 is 5.97 Å². The lowest BCUT2D eigenvalue weighted by molar-refractivity contribution is -0.136. The standard InChI is InChI=1S/C23H32N2O4/c1-22-9-7-20(27)23(2,14-26)19(22)6-4-17(13-25-11-10-24-15-25)18(22)5-3-16-8-12-29-21(16)28/h8,10-11,15,19-20,26-27H,3-7,9,12-14H2,1-2H3/t19-,20+,22-,23-/m0/s1. The maximum absolute atomic E-state index is 12.0. The molecule has 3 aliphatic rings. The first-order valence-corrected chi connectivity index (χ1v) is 10.7. The Bertz CT molecular complexity index is 828. The molecule has 4 rings (SSSR count). The number of aromatic nitrogens is 2. The van der Waals surface area contributed by atoms with Crippen molar-refractivity contribution in [3.63, 3.8) is 0 Å². The fourth-order valence-corrected chi connectivity index (χ4v) is 6.09. The van der Waals surface area contributed by atoms with Crippen LogP contribution in [0.3, 0.4) is 0 Å². The second-order valence-corrected chi connectivity index (χ2v) is 9.37. The lowest BCUT2D eigenvalue weighted by Crippen LogP contribution is -2.55. The zero-order chi connectivity index (χ0) is 20.6. The molecule has 29 heavy (non-hydrogen) atoms. The molecule has 0 amide bonds. The van der Waals surface area contributed by atoms with Crippen LogP contribution in [0.4, 0.5) is 0 Å². The van der Waals surface area contributed by atoms with Crippen LogP contribution >= 0.6 is 0 Å². The number of ether oxygens (including phenoxy) is 1. The SMILES string of the molecule is C[C@@]1(CO)[C@H](O)CC[C@@]2(C)C(CCC3=CCOC3=O)=C(Cn3ccnc3)CC[C@H]12. The number of aliphatic hydroxyl groups excluding tert-OH is 2. The number of nitrogens with zero attached hydrogens (tertiary/aromatic N) is 2. The van der Waals surface area contributed by atoms with E-state index < -0.39 is 11.5 Å². The van der Waals surface area contributed by atoms with E-state index in [4.69, 9.17) is 4.74 Å². The van der Waals surface area contributed by atoms with E-state index in [1.807, 2.05) is 25.5 Å². The number of carbonyl (C=O) groups excluding carboxylic acids is 1. The van der Waals surface area contributed by atoms with Crippen LogP contribution in [0.1, 0.15) is 52.4 Å². The summed E-state index contributed by atoms with van der Waals surface area (Å²) in [4.78, 5) is 16.1. The van der Waals surface area contributed by atoms with E-state index in [1.165, 1.54) is 11.1 Å². The van der Waals surface area contributed by atoms with Crippen LogP contribution in [0, 0.1) is 16.7 Å². The van der Waals surface area contributed by atoms with Gasteiger partial charge in [0.15, 0.2) is 0 Å². The maximum atomic E-state index is 12.0. The van der Waals surface area contributed by atoms with E-state index in [9.17, 15) is 15.0 Å². The normalized spacial score (nSPS) is 34.8. The highest BCUT2D eigenvalue weighted by Gasteiger charge is 2.55. The Labute approximate surface area is 172 Å². The molecular formula is C23H32N2O4. The number of fused-ring (bicyclic) bond motifs is 1. The Balaban J connectivity index is 1.69. The molecule has 1 aromatic rings. The monoisotopic (exact) mass is 400 g/mol. The number of cyclic esters (lactones) is 1. The van der Waals surface area contributed by atoms with Crippen molar-refractivity contribution in [3.8, 4) is 0 Å². The van der Waals surface area contributed by atoms with Crippen LogP contribution in [0.25, 0.3) is 0 Å². The summed E-state index contributed by atoms with van der Waals surface area (Å²) >= 11 is 0. The topological polar surface area (TPSA) is 84.6 Å². The minimum atomic E-state index is -0.496. The van der Waals surface area contributed by atoms with Crippen molar-refractivity contribution in [2.75, 3.05) is 13.2 Å². The predicted octanol–water partition coefficient (Wildman–Crippen LogP) is 3.01. The third-order valence-electron chi connectivity index (χ3n) is 7.84. The lowest BCUT2D eigenvalue weighted by Gasteiger charge is -2.57. The fourth-order valence-electron chi connectivity index (χ4n) is 6.09. The molecule has 1 aromatic heterocycles. The van der Waals surface area contributed by atoms with E-state index in [2.05, 4.69) is 16.5 Å².